The molecule has 2 atom stereocenters. The summed E-state index contributed by atoms with van der Waals surface area (Å²) in [4.78, 5) is 38.8. The molecule has 0 unspecified atom stereocenters. The van der Waals surface area contributed by atoms with E-state index in [4.69, 9.17) is 4.98 Å². The van der Waals surface area contributed by atoms with E-state index in [0.29, 0.717) is 27.8 Å². The van der Waals surface area contributed by atoms with Crippen LogP contribution >= 0.6 is 23.1 Å². The lowest BCUT2D eigenvalue weighted by molar-refractivity contribution is -0.130. The summed E-state index contributed by atoms with van der Waals surface area (Å²) in [5.41, 5.74) is 1.79. The molecule has 8 heteroatoms. The summed E-state index contributed by atoms with van der Waals surface area (Å²) in [7, 11) is 0. The molecule has 1 aliphatic rings. The fourth-order valence-corrected chi connectivity index (χ4v) is 6.54. The molecule has 4 aromatic rings. The molecule has 0 saturated carbocycles. The number of piperidine rings is 1. The van der Waals surface area contributed by atoms with Crippen LogP contribution in [0.5, 0.6) is 0 Å². The summed E-state index contributed by atoms with van der Waals surface area (Å²) in [5, 5.41) is 1.49. The average molecular weight is 493 g/mol. The Kier molecular flexibility index (Phi) is 6.70. The highest BCUT2D eigenvalue weighted by molar-refractivity contribution is 7.99. The first-order chi connectivity index (χ1) is 16.5. The number of amides is 1. The number of carbonyl (C=O) groups excluding carboxylic acids is 1. The smallest absolute Gasteiger partial charge is 0.272 e. The van der Waals surface area contributed by atoms with Crippen LogP contribution in [0.1, 0.15) is 38.2 Å². The molecular formula is C26H28N4O2S2. The molecule has 176 valence electrons. The molecule has 1 aromatic carbocycles. The van der Waals surface area contributed by atoms with Crippen molar-refractivity contribution in [3.8, 4) is 0 Å². The number of rotatable bonds is 6. The lowest BCUT2D eigenvalue weighted by Crippen LogP contribution is -2.40. The molecule has 1 amide bonds. The Morgan fingerprint density at radius 1 is 1.24 bits per heavy atom. The molecule has 1 aliphatic heterocycles. The highest BCUT2D eigenvalue weighted by atomic mass is 32.2. The van der Waals surface area contributed by atoms with Gasteiger partial charge < -0.3 is 4.90 Å². The molecule has 0 spiro atoms. The van der Waals surface area contributed by atoms with Crippen LogP contribution in [0.3, 0.4) is 0 Å². The first kappa shape index (κ1) is 23.1. The monoisotopic (exact) mass is 492 g/mol. The Balaban J connectivity index is 1.51. The van der Waals surface area contributed by atoms with Crippen LogP contribution in [-0.2, 0) is 11.3 Å². The molecule has 0 aliphatic carbocycles. The second-order valence-corrected chi connectivity index (χ2v) is 11.1. The van der Waals surface area contributed by atoms with Crippen LogP contribution in [0, 0.1) is 5.92 Å². The van der Waals surface area contributed by atoms with Crippen molar-refractivity contribution in [2.24, 2.45) is 5.92 Å². The predicted octanol–water partition coefficient (Wildman–Crippen LogP) is 5.16. The van der Waals surface area contributed by atoms with Crippen molar-refractivity contribution in [3.05, 3.63) is 64.6 Å². The Bertz CT molecular complexity index is 1380. The van der Waals surface area contributed by atoms with E-state index >= 15 is 0 Å². The fourth-order valence-electron chi connectivity index (χ4n) is 4.61. The molecule has 34 heavy (non-hydrogen) atoms. The highest BCUT2D eigenvalue weighted by Crippen LogP contribution is 2.31. The number of carbonyl (C=O) groups is 1. The van der Waals surface area contributed by atoms with Crippen molar-refractivity contribution < 1.29 is 4.79 Å². The van der Waals surface area contributed by atoms with E-state index in [2.05, 4.69) is 31.0 Å². The number of hydrogen-bond acceptors (Lipinski definition) is 6. The van der Waals surface area contributed by atoms with Gasteiger partial charge in [-0.05, 0) is 42.4 Å². The minimum atomic E-state index is -0.0580. The Hall–Kier alpha value is -2.71. The molecule has 0 radical (unpaired) electrons. The normalized spacial score (nSPS) is 17.4. The van der Waals surface area contributed by atoms with Crippen molar-refractivity contribution in [1.29, 1.82) is 0 Å². The molecule has 0 N–H and O–H groups in total. The topological polar surface area (TPSA) is 68.1 Å². The maximum atomic E-state index is 13.7. The summed E-state index contributed by atoms with van der Waals surface area (Å²) in [5.74, 6) is 1.06. The third-order valence-electron chi connectivity index (χ3n) is 6.48. The number of pyridine rings is 1. The Morgan fingerprint density at radius 2 is 2.06 bits per heavy atom. The van der Waals surface area contributed by atoms with E-state index in [-0.39, 0.29) is 23.1 Å². The van der Waals surface area contributed by atoms with Gasteiger partial charge in [-0.3, -0.25) is 14.2 Å². The summed E-state index contributed by atoms with van der Waals surface area (Å²) in [6, 6.07) is 14.0. The number of benzene rings is 1. The van der Waals surface area contributed by atoms with Crippen LogP contribution in [0.25, 0.3) is 20.4 Å². The summed E-state index contributed by atoms with van der Waals surface area (Å²) in [6.07, 6.45) is 3.96. The zero-order chi connectivity index (χ0) is 23.7. The van der Waals surface area contributed by atoms with Crippen molar-refractivity contribution in [2.45, 2.75) is 44.3 Å². The van der Waals surface area contributed by atoms with Crippen LogP contribution in [0.4, 0.5) is 0 Å². The number of likely N-dealkylation sites (tertiary alicyclic amines) is 1. The molecular weight excluding hydrogens is 464 g/mol. The number of aromatic nitrogens is 3. The van der Waals surface area contributed by atoms with E-state index in [1.165, 1.54) is 35.1 Å². The van der Waals surface area contributed by atoms with Gasteiger partial charge in [0.2, 0.25) is 5.91 Å². The minimum Gasteiger partial charge on any atom is -0.342 e. The van der Waals surface area contributed by atoms with Gasteiger partial charge in [-0.15, -0.1) is 11.3 Å². The van der Waals surface area contributed by atoms with E-state index in [1.807, 2.05) is 35.2 Å². The molecule has 5 rings (SSSR count). The van der Waals surface area contributed by atoms with Crippen molar-refractivity contribution in [3.63, 3.8) is 0 Å². The van der Waals surface area contributed by atoms with Gasteiger partial charge in [0, 0.05) is 31.2 Å². The van der Waals surface area contributed by atoms with Gasteiger partial charge in [0.1, 0.15) is 9.53 Å². The fraction of sp³-hybridized carbons (Fsp3) is 0.385. The summed E-state index contributed by atoms with van der Waals surface area (Å²) >= 11 is 2.76. The maximum absolute atomic E-state index is 13.7. The van der Waals surface area contributed by atoms with Crippen LogP contribution in [-0.4, -0.2) is 44.2 Å². The van der Waals surface area contributed by atoms with Gasteiger partial charge in [0.05, 0.1) is 11.3 Å². The zero-order valence-corrected chi connectivity index (χ0v) is 21.1. The first-order valence-electron chi connectivity index (χ1n) is 11.7. The standard InChI is InChI=1S/C26H28N4O2S2/c1-17-8-7-13-29(14-17)21(31)16-33-26-28-22-20-11-6-12-27-24(20)34-23(22)25(32)30(26)15-18(2)19-9-4-3-5-10-19/h3-6,9-12,17-18H,7-8,13-16H2,1-2H3/t17-,18+/m1/s1. The van der Waals surface area contributed by atoms with Gasteiger partial charge in [-0.1, -0.05) is 55.9 Å². The number of hydrogen-bond donors (Lipinski definition) is 0. The number of thiophene rings is 1. The Labute approximate surface area is 207 Å². The van der Waals surface area contributed by atoms with Crippen LogP contribution in [0.15, 0.2) is 58.6 Å². The minimum absolute atomic E-state index is 0.0580. The van der Waals surface area contributed by atoms with E-state index in [0.717, 1.165) is 29.7 Å². The van der Waals surface area contributed by atoms with E-state index < -0.39 is 0 Å². The lowest BCUT2D eigenvalue weighted by Gasteiger charge is -2.30. The van der Waals surface area contributed by atoms with Gasteiger partial charge in [0.25, 0.3) is 5.56 Å². The second kappa shape index (κ2) is 9.88. The zero-order valence-electron chi connectivity index (χ0n) is 19.4. The van der Waals surface area contributed by atoms with Crippen molar-refractivity contribution in [1.82, 2.24) is 19.4 Å². The Morgan fingerprint density at radius 3 is 2.85 bits per heavy atom. The number of fused-ring (bicyclic) bond motifs is 3. The summed E-state index contributed by atoms with van der Waals surface area (Å²) < 4.78 is 2.38. The maximum Gasteiger partial charge on any atom is 0.272 e. The van der Waals surface area contributed by atoms with Crippen LogP contribution in [0.2, 0.25) is 0 Å². The molecule has 1 saturated heterocycles. The average Bonchev–Trinajstić information content (AvgIpc) is 3.24. The molecule has 0 bridgehead atoms. The molecule has 3 aromatic heterocycles. The SMILES string of the molecule is C[C@@H]1CCCN(C(=O)CSc2nc3c(sc4ncccc43)c(=O)n2C[C@H](C)c2ccccc2)C1. The summed E-state index contributed by atoms with van der Waals surface area (Å²) in [6.45, 7) is 6.44. The van der Waals surface area contributed by atoms with E-state index in [1.54, 1.807) is 10.8 Å². The molecule has 6 nitrogen and oxygen atoms in total. The first-order valence-corrected chi connectivity index (χ1v) is 13.5. The second-order valence-electron chi connectivity index (χ2n) is 9.13. The predicted molar refractivity (Wildman–Crippen MR) is 140 cm³/mol. The van der Waals surface area contributed by atoms with E-state index in [9.17, 15) is 9.59 Å². The molecule has 1 fully saturated rings. The molecule has 4 heterocycles. The quantitative estimate of drug-likeness (QED) is 0.275. The third-order valence-corrected chi connectivity index (χ3v) is 8.53. The number of thioether (sulfide) groups is 1. The third kappa shape index (κ3) is 4.61. The van der Waals surface area contributed by atoms with Crippen molar-refractivity contribution in [2.75, 3.05) is 18.8 Å². The largest absolute Gasteiger partial charge is 0.342 e. The lowest BCUT2D eigenvalue weighted by atomic mass is 10.0. The highest BCUT2D eigenvalue weighted by Gasteiger charge is 2.23. The van der Waals surface area contributed by atoms with Gasteiger partial charge in [-0.25, -0.2) is 9.97 Å². The van der Waals surface area contributed by atoms with Crippen molar-refractivity contribution >= 4 is 49.4 Å². The van der Waals surface area contributed by atoms with Gasteiger partial charge >= 0.3 is 0 Å². The van der Waals surface area contributed by atoms with Crippen LogP contribution < -0.4 is 5.56 Å². The number of nitrogens with zero attached hydrogens (tertiary/aromatic N) is 4. The van der Waals surface area contributed by atoms with Gasteiger partial charge in [0.15, 0.2) is 5.16 Å². The van der Waals surface area contributed by atoms with Gasteiger partial charge in [-0.2, -0.15) is 0 Å².